The van der Waals surface area contributed by atoms with Gasteiger partial charge >= 0.3 is 0 Å². The highest BCUT2D eigenvalue weighted by Gasteiger charge is 2.32. The lowest BCUT2D eigenvalue weighted by Gasteiger charge is -2.29. The molecule has 1 amide bonds. The normalized spacial score (nSPS) is 22.5. The van der Waals surface area contributed by atoms with Crippen molar-refractivity contribution in [2.75, 3.05) is 13.6 Å². The van der Waals surface area contributed by atoms with Crippen LogP contribution in [0.5, 0.6) is 0 Å². The summed E-state index contributed by atoms with van der Waals surface area (Å²) in [6, 6.07) is 6.09. The first-order valence-corrected chi connectivity index (χ1v) is 7.58. The first-order chi connectivity index (χ1) is 9.06. The summed E-state index contributed by atoms with van der Waals surface area (Å²) in [4.78, 5) is 14.5. The van der Waals surface area contributed by atoms with Gasteiger partial charge in [0.2, 0.25) is 0 Å². The van der Waals surface area contributed by atoms with E-state index in [1.165, 1.54) is 6.42 Å². The summed E-state index contributed by atoms with van der Waals surface area (Å²) in [7, 11) is 1.90. The zero-order valence-corrected chi connectivity index (χ0v) is 13.1. The Morgan fingerprint density at radius 1 is 1.47 bits per heavy atom. The van der Waals surface area contributed by atoms with Crippen molar-refractivity contribution in [3.63, 3.8) is 0 Å². The van der Waals surface area contributed by atoms with Crippen LogP contribution in [-0.4, -0.2) is 30.4 Å². The number of benzene rings is 1. The van der Waals surface area contributed by atoms with Crippen LogP contribution in [0.4, 0.5) is 0 Å². The second-order valence-electron chi connectivity index (χ2n) is 5.35. The third-order valence-electron chi connectivity index (χ3n) is 4.16. The molecule has 1 saturated carbocycles. The van der Waals surface area contributed by atoms with Crippen LogP contribution in [0.25, 0.3) is 0 Å². The number of halogens is 1. The van der Waals surface area contributed by atoms with Crippen molar-refractivity contribution in [2.24, 2.45) is 11.7 Å². The van der Waals surface area contributed by atoms with Gasteiger partial charge in [-0.1, -0.05) is 18.6 Å². The molecule has 0 bridgehead atoms. The van der Waals surface area contributed by atoms with E-state index in [1.54, 1.807) is 0 Å². The van der Waals surface area contributed by atoms with Crippen molar-refractivity contribution in [2.45, 2.75) is 32.2 Å². The average Bonchev–Trinajstić information content (AvgIpc) is 2.88. The van der Waals surface area contributed by atoms with E-state index in [0.717, 1.165) is 28.4 Å². The fraction of sp³-hybridized carbons (Fsp3) is 0.533. The molecule has 0 spiro atoms. The average molecular weight is 325 g/mol. The number of aryl methyl sites for hydroxylation is 1. The number of carbonyl (C=O) groups is 1. The first-order valence-electron chi connectivity index (χ1n) is 6.78. The van der Waals surface area contributed by atoms with Gasteiger partial charge < -0.3 is 10.6 Å². The highest BCUT2D eigenvalue weighted by Crippen LogP contribution is 2.30. The van der Waals surface area contributed by atoms with Crippen LogP contribution in [0.1, 0.15) is 35.2 Å². The van der Waals surface area contributed by atoms with E-state index < -0.39 is 0 Å². The fourth-order valence-corrected chi connectivity index (χ4v) is 3.39. The number of hydrogen-bond acceptors (Lipinski definition) is 2. The SMILES string of the molecule is Cc1cccc(C(=O)N(C)C2CCCC2CN)c1Br. The second-order valence-corrected chi connectivity index (χ2v) is 6.14. The van der Waals surface area contributed by atoms with E-state index in [4.69, 9.17) is 5.73 Å². The van der Waals surface area contributed by atoms with Crippen molar-refractivity contribution < 1.29 is 4.79 Å². The number of nitrogens with two attached hydrogens (primary N) is 1. The molecule has 0 aromatic heterocycles. The maximum atomic E-state index is 12.6. The van der Waals surface area contributed by atoms with Gasteiger partial charge in [0.1, 0.15) is 0 Å². The maximum Gasteiger partial charge on any atom is 0.255 e. The van der Waals surface area contributed by atoms with E-state index in [2.05, 4.69) is 15.9 Å². The predicted molar refractivity (Wildman–Crippen MR) is 81.2 cm³/mol. The lowest BCUT2D eigenvalue weighted by molar-refractivity contribution is 0.0699. The molecule has 1 aliphatic rings. The molecule has 3 nitrogen and oxygen atoms in total. The van der Waals surface area contributed by atoms with E-state index in [0.29, 0.717) is 12.5 Å². The highest BCUT2D eigenvalue weighted by molar-refractivity contribution is 9.10. The molecule has 2 unspecified atom stereocenters. The zero-order valence-electron chi connectivity index (χ0n) is 11.5. The van der Waals surface area contributed by atoms with Crippen LogP contribution in [0.3, 0.4) is 0 Å². The number of hydrogen-bond donors (Lipinski definition) is 1. The quantitative estimate of drug-likeness (QED) is 0.929. The molecule has 2 atom stereocenters. The summed E-state index contributed by atoms with van der Waals surface area (Å²) < 4.78 is 0.897. The van der Waals surface area contributed by atoms with Gasteiger partial charge in [-0.15, -0.1) is 0 Å². The minimum absolute atomic E-state index is 0.0842. The van der Waals surface area contributed by atoms with E-state index in [9.17, 15) is 4.79 Å². The second kappa shape index (κ2) is 6.06. The largest absolute Gasteiger partial charge is 0.338 e. The zero-order chi connectivity index (χ0) is 14.0. The van der Waals surface area contributed by atoms with E-state index in [1.807, 2.05) is 37.1 Å². The summed E-state index contributed by atoms with van der Waals surface area (Å²) in [5.41, 5.74) is 7.63. The van der Waals surface area contributed by atoms with Gasteiger partial charge in [0.15, 0.2) is 0 Å². The summed E-state index contributed by atoms with van der Waals surface area (Å²) in [5.74, 6) is 0.526. The van der Waals surface area contributed by atoms with Gasteiger partial charge in [0.25, 0.3) is 5.91 Å². The lowest BCUT2D eigenvalue weighted by atomic mass is 10.0. The smallest absolute Gasteiger partial charge is 0.255 e. The molecule has 0 heterocycles. The predicted octanol–water partition coefficient (Wildman–Crippen LogP) is 2.96. The number of carbonyl (C=O) groups excluding carboxylic acids is 1. The lowest BCUT2D eigenvalue weighted by Crippen LogP contribution is -2.41. The minimum Gasteiger partial charge on any atom is -0.338 e. The molecule has 2 N–H and O–H groups in total. The van der Waals surface area contributed by atoms with Crippen LogP contribution < -0.4 is 5.73 Å². The molecule has 1 fully saturated rings. The molecule has 4 heteroatoms. The third-order valence-corrected chi connectivity index (χ3v) is 5.21. The summed E-state index contributed by atoms with van der Waals surface area (Å²) in [6.07, 6.45) is 3.36. The molecule has 0 radical (unpaired) electrons. The Bertz CT molecular complexity index is 475. The Balaban J connectivity index is 2.21. The van der Waals surface area contributed by atoms with E-state index >= 15 is 0 Å². The van der Waals surface area contributed by atoms with Crippen molar-refractivity contribution in [1.29, 1.82) is 0 Å². The topological polar surface area (TPSA) is 46.3 Å². The molecular weight excluding hydrogens is 304 g/mol. The summed E-state index contributed by atoms with van der Waals surface area (Å²) >= 11 is 3.52. The Kier molecular flexibility index (Phi) is 4.63. The molecule has 19 heavy (non-hydrogen) atoms. The minimum atomic E-state index is 0.0842. The first kappa shape index (κ1) is 14.5. The number of nitrogens with zero attached hydrogens (tertiary/aromatic N) is 1. The van der Waals surface area contributed by atoms with E-state index in [-0.39, 0.29) is 11.9 Å². The monoisotopic (exact) mass is 324 g/mol. The molecule has 0 aliphatic heterocycles. The van der Waals surface area contributed by atoms with Crippen LogP contribution in [0, 0.1) is 12.8 Å². The van der Waals surface area contributed by atoms with Crippen molar-refractivity contribution in [1.82, 2.24) is 4.90 Å². The molecule has 1 aliphatic carbocycles. The molecule has 2 rings (SSSR count). The van der Waals surface area contributed by atoms with Crippen molar-refractivity contribution in [3.05, 3.63) is 33.8 Å². The Labute approximate surface area is 123 Å². The number of amides is 1. The van der Waals surface area contributed by atoms with Gasteiger partial charge in [-0.3, -0.25) is 4.79 Å². The summed E-state index contributed by atoms with van der Waals surface area (Å²) in [6.45, 7) is 2.66. The molecule has 1 aromatic carbocycles. The molecular formula is C15H21BrN2O. The Hall–Kier alpha value is -0.870. The fourth-order valence-electron chi connectivity index (χ4n) is 2.96. The maximum absolute atomic E-state index is 12.6. The van der Waals surface area contributed by atoms with Crippen LogP contribution in [0.2, 0.25) is 0 Å². The van der Waals surface area contributed by atoms with Gasteiger partial charge in [0, 0.05) is 17.6 Å². The van der Waals surface area contributed by atoms with Crippen LogP contribution in [0.15, 0.2) is 22.7 Å². The van der Waals surface area contributed by atoms with Gasteiger partial charge in [-0.05, 0) is 59.8 Å². The standard InChI is InChI=1S/C15H21BrN2O/c1-10-5-3-7-12(14(10)16)15(19)18(2)13-8-4-6-11(13)9-17/h3,5,7,11,13H,4,6,8-9,17H2,1-2H3. The van der Waals surface area contributed by atoms with Crippen molar-refractivity contribution in [3.8, 4) is 0 Å². The van der Waals surface area contributed by atoms with Crippen molar-refractivity contribution >= 4 is 21.8 Å². The molecule has 1 aromatic rings. The van der Waals surface area contributed by atoms with Gasteiger partial charge in [0.05, 0.1) is 5.56 Å². The number of rotatable bonds is 3. The van der Waals surface area contributed by atoms with Crippen LogP contribution in [-0.2, 0) is 0 Å². The van der Waals surface area contributed by atoms with Crippen LogP contribution >= 0.6 is 15.9 Å². The summed E-state index contributed by atoms with van der Waals surface area (Å²) in [5, 5.41) is 0. The molecule has 104 valence electrons. The Morgan fingerprint density at radius 3 is 2.89 bits per heavy atom. The highest BCUT2D eigenvalue weighted by atomic mass is 79.9. The van der Waals surface area contributed by atoms with Gasteiger partial charge in [-0.25, -0.2) is 0 Å². The molecule has 0 saturated heterocycles. The third kappa shape index (κ3) is 2.84. The Morgan fingerprint density at radius 2 is 2.21 bits per heavy atom. The van der Waals surface area contributed by atoms with Gasteiger partial charge in [-0.2, -0.15) is 0 Å².